The third kappa shape index (κ3) is 1.58. The molecule has 3 N–H and O–H groups in total. The number of carbonyl (C=O) groups excluding carboxylic acids is 1. The van der Waals surface area contributed by atoms with E-state index in [0.717, 1.165) is 6.42 Å². The number of H-pyrrole nitrogens is 1. The lowest BCUT2D eigenvalue weighted by Crippen LogP contribution is -2.00. The summed E-state index contributed by atoms with van der Waals surface area (Å²) in [6.45, 7) is 1.95. The molecule has 11 heavy (non-hydrogen) atoms. The number of nitrogens with one attached hydrogen (secondary N) is 1. The smallest absolute Gasteiger partial charge is 0.168 e. The molecule has 1 aromatic heterocycles. The van der Waals surface area contributed by atoms with Crippen molar-refractivity contribution in [1.82, 2.24) is 10.2 Å². The zero-order valence-corrected chi connectivity index (χ0v) is 6.42. The third-order valence-electron chi connectivity index (χ3n) is 1.45. The van der Waals surface area contributed by atoms with Crippen LogP contribution in [0.1, 0.15) is 30.1 Å². The van der Waals surface area contributed by atoms with Crippen molar-refractivity contribution in [2.45, 2.75) is 19.8 Å². The van der Waals surface area contributed by atoms with Crippen molar-refractivity contribution in [2.24, 2.45) is 0 Å². The maximum absolute atomic E-state index is 11.2. The second kappa shape index (κ2) is 3.18. The van der Waals surface area contributed by atoms with Crippen LogP contribution >= 0.6 is 0 Å². The van der Waals surface area contributed by atoms with E-state index in [1.807, 2.05) is 6.92 Å². The van der Waals surface area contributed by atoms with Gasteiger partial charge in [0, 0.05) is 6.42 Å². The highest BCUT2D eigenvalue weighted by molar-refractivity contribution is 5.99. The number of aromatic amines is 1. The molecule has 60 valence electrons. The maximum Gasteiger partial charge on any atom is 0.168 e. The van der Waals surface area contributed by atoms with E-state index in [2.05, 4.69) is 10.2 Å². The van der Waals surface area contributed by atoms with E-state index in [1.54, 1.807) is 0 Å². The molecule has 1 aromatic rings. The number of nitrogen functional groups attached to an aromatic ring is 1. The van der Waals surface area contributed by atoms with E-state index in [-0.39, 0.29) is 5.78 Å². The second-order valence-corrected chi connectivity index (χ2v) is 2.37. The van der Waals surface area contributed by atoms with Crippen LogP contribution in [0.5, 0.6) is 0 Å². The van der Waals surface area contributed by atoms with Crippen LogP contribution in [0.2, 0.25) is 0 Å². The van der Waals surface area contributed by atoms with Crippen LogP contribution < -0.4 is 5.73 Å². The number of aromatic nitrogens is 2. The average Bonchev–Trinajstić information content (AvgIpc) is 2.36. The molecule has 0 aliphatic rings. The predicted molar refractivity (Wildman–Crippen MR) is 42.2 cm³/mol. The van der Waals surface area contributed by atoms with E-state index < -0.39 is 0 Å². The van der Waals surface area contributed by atoms with Gasteiger partial charge in [0.15, 0.2) is 5.78 Å². The number of ketones is 1. The summed E-state index contributed by atoms with van der Waals surface area (Å²) in [5, 5.41) is 6.17. The molecule has 0 fully saturated rings. The number of Topliss-reactive ketones (excluding diaryl/α,β-unsaturated/α-hetero) is 1. The van der Waals surface area contributed by atoms with Gasteiger partial charge in [-0.25, -0.2) is 0 Å². The molecule has 0 aliphatic heterocycles. The molecule has 0 saturated heterocycles. The van der Waals surface area contributed by atoms with Crippen molar-refractivity contribution in [2.75, 3.05) is 5.73 Å². The van der Waals surface area contributed by atoms with E-state index >= 15 is 0 Å². The summed E-state index contributed by atoms with van der Waals surface area (Å²) >= 11 is 0. The lowest BCUT2D eigenvalue weighted by molar-refractivity contribution is 0.0982. The summed E-state index contributed by atoms with van der Waals surface area (Å²) in [6, 6.07) is 0. The molecule has 0 spiro atoms. The number of rotatable bonds is 3. The Kier molecular flexibility index (Phi) is 2.25. The van der Waals surface area contributed by atoms with Crippen LogP contribution in [0, 0.1) is 0 Å². The van der Waals surface area contributed by atoms with Crippen molar-refractivity contribution in [3.8, 4) is 0 Å². The summed E-state index contributed by atoms with van der Waals surface area (Å²) < 4.78 is 0. The molecule has 1 heterocycles. The first-order valence-corrected chi connectivity index (χ1v) is 3.57. The van der Waals surface area contributed by atoms with Crippen molar-refractivity contribution in [3.05, 3.63) is 11.8 Å². The van der Waals surface area contributed by atoms with E-state index in [4.69, 9.17) is 5.73 Å². The molecule has 0 radical (unpaired) electrons. The largest absolute Gasteiger partial charge is 0.383 e. The Morgan fingerprint density at radius 1 is 1.82 bits per heavy atom. The van der Waals surface area contributed by atoms with Crippen LogP contribution in [0.3, 0.4) is 0 Å². The number of anilines is 1. The molecule has 0 aliphatic carbocycles. The number of nitrogens with zero attached hydrogens (tertiary/aromatic N) is 1. The maximum atomic E-state index is 11.2. The van der Waals surface area contributed by atoms with Crippen LogP contribution in [0.4, 0.5) is 5.82 Å². The van der Waals surface area contributed by atoms with Crippen LogP contribution in [0.25, 0.3) is 0 Å². The van der Waals surface area contributed by atoms with E-state index in [0.29, 0.717) is 17.8 Å². The van der Waals surface area contributed by atoms with Gasteiger partial charge < -0.3 is 5.73 Å². The van der Waals surface area contributed by atoms with Crippen LogP contribution in [-0.4, -0.2) is 16.0 Å². The van der Waals surface area contributed by atoms with E-state index in [1.165, 1.54) is 6.20 Å². The Labute approximate surface area is 64.8 Å². The third-order valence-corrected chi connectivity index (χ3v) is 1.45. The van der Waals surface area contributed by atoms with Gasteiger partial charge in [0.05, 0.1) is 11.8 Å². The number of carbonyl (C=O) groups is 1. The Morgan fingerprint density at radius 2 is 2.55 bits per heavy atom. The van der Waals surface area contributed by atoms with Gasteiger partial charge in [-0.1, -0.05) is 6.92 Å². The van der Waals surface area contributed by atoms with Crippen molar-refractivity contribution < 1.29 is 4.79 Å². The first-order chi connectivity index (χ1) is 5.25. The van der Waals surface area contributed by atoms with Gasteiger partial charge in [0.2, 0.25) is 0 Å². The average molecular weight is 153 g/mol. The molecule has 0 aromatic carbocycles. The highest BCUT2D eigenvalue weighted by Gasteiger charge is 2.09. The van der Waals surface area contributed by atoms with Gasteiger partial charge in [-0.2, -0.15) is 5.10 Å². The minimum atomic E-state index is 0.0544. The Balaban J connectivity index is 2.76. The molecule has 1 rings (SSSR count). The molecule has 0 amide bonds. The summed E-state index contributed by atoms with van der Waals surface area (Å²) in [5.41, 5.74) is 5.94. The first-order valence-electron chi connectivity index (χ1n) is 3.57. The second-order valence-electron chi connectivity index (χ2n) is 2.37. The van der Waals surface area contributed by atoms with Crippen LogP contribution in [0.15, 0.2) is 6.20 Å². The Bertz CT molecular complexity index is 254. The van der Waals surface area contributed by atoms with E-state index in [9.17, 15) is 4.79 Å². The molecule has 0 unspecified atom stereocenters. The van der Waals surface area contributed by atoms with Crippen molar-refractivity contribution in [3.63, 3.8) is 0 Å². The zero-order chi connectivity index (χ0) is 8.27. The summed E-state index contributed by atoms with van der Waals surface area (Å²) in [6.07, 6.45) is 2.83. The number of hydrogen-bond donors (Lipinski definition) is 2. The van der Waals surface area contributed by atoms with Crippen molar-refractivity contribution >= 4 is 11.6 Å². The fourth-order valence-electron chi connectivity index (χ4n) is 0.880. The Morgan fingerprint density at radius 3 is 3.00 bits per heavy atom. The van der Waals surface area contributed by atoms with Gasteiger partial charge in [-0.05, 0) is 6.42 Å². The summed E-state index contributed by atoms with van der Waals surface area (Å²) in [4.78, 5) is 11.2. The molecule has 0 bridgehead atoms. The minimum absolute atomic E-state index is 0.0544. The molecule has 0 saturated carbocycles. The summed E-state index contributed by atoms with van der Waals surface area (Å²) in [7, 11) is 0. The van der Waals surface area contributed by atoms with Crippen molar-refractivity contribution in [1.29, 1.82) is 0 Å². The zero-order valence-electron chi connectivity index (χ0n) is 6.42. The molecule has 4 heteroatoms. The molecular formula is C7H11N3O. The fraction of sp³-hybridized carbons (Fsp3) is 0.429. The van der Waals surface area contributed by atoms with Gasteiger partial charge in [-0.3, -0.25) is 9.89 Å². The molecule has 4 nitrogen and oxygen atoms in total. The van der Waals surface area contributed by atoms with Gasteiger partial charge in [-0.15, -0.1) is 0 Å². The van der Waals surface area contributed by atoms with Gasteiger partial charge in [0.1, 0.15) is 5.82 Å². The van der Waals surface area contributed by atoms with Gasteiger partial charge in [0.25, 0.3) is 0 Å². The highest BCUT2D eigenvalue weighted by atomic mass is 16.1. The lowest BCUT2D eigenvalue weighted by Gasteiger charge is -1.93. The predicted octanol–water partition coefficient (Wildman–Crippen LogP) is 0.975. The summed E-state index contributed by atoms with van der Waals surface area (Å²) in [5.74, 6) is 0.419. The normalized spacial score (nSPS) is 9.91. The Hall–Kier alpha value is -1.32. The monoisotopic (exact) mass is 153 g/mol. The molecule has 0 atom stereocenters. The van der Waals surface area contributed by atoms with Gasteiger partial charge >= 0.3 is 0 Å². The molecular weight excluding hydrogens is 142 g/mol. The van der Waals surface area contributed by atoms with Crippen LogP contribution in [-0.2, 0) is 0 Å². The number of nitrogens with two attached hydrogens (primary N) is 1. The topological polar surface area (TPSA) is 71.8 Å². The standard InChI is InChI=1S/C7H11N3O/c1-2-3-6(11)5-4-9-10-7(5)8/h4H,2-3H2,1H3,(H3,8,9,10). The first kappa shape index (κ1) is 7.78. The quantitative estimate of drug-likeness (QED) is 0.635. The highest BCUT2D eigenvalue weighted by Crippen LogP contribution is 2.09. The minimum Gasteiger partial charge on any atom is -0.383 e. The number of hydrogen-bond acceptors (Lipinski definition) is 3. The lowest BCUT2D eigenvalue weighted by atomic mass is 10.1. The fourth-order valence-corrected chi connectivity index (χ4v) is 0.880. The SMILES string of the molecule is CCCC(=O)c1cn[nH]c1N.